The van der Waals surface area contributed by atoms with Crippen LogP contribution in [0, 0.1) is 0 Å². The monoisotopic (exact) mass is 312 g/mol. The van der Waals surface area contributed by atoms with Crippen molar-refractivity contribution in [1.29, 1.82) is 0 Å². The van der Waals surface area contributed by atoms with Gasteiger partial charge in [-0.15, -0.1) is 0 Å². The zero-order chi connectivity index (χ0) is 14.5. The van der Waals surface area contributed by atoms with E-state index >= 15 is 0 Å². The zero-order valence-electron chi connectivity index (χ0n) is 10.4. The predicted molar refractivity (Wildman–Crippen MR) is 76.3 cm³/mol. The van der Waals surface area contributed by atoms with Crippen molar-refractivity contribution in [1.82, 2.24) is 15.4 Å². The first-order valence-electron chi connectivity index (χ1n) is 5.49. The van der Waals surface area contributed by atoms with E-state index in [0.29, 0.717) is 17.1 Å². The summed E-state index contributed by atoms with van der Waals surface area (Å²) in [4.78, 5) is 24.2. The van der Waals surface area contributed by atoms with Crippen LogP contribution in [0.5, 0.6) is 0 Å². The Hall–Kier alpha value is -1.89. The molecule has 0 saturated heterocycles. The van der Waals surface area contributed by atoms with Gasteiger partial charge in [-0.1, -0.05) is 23.7 Å². The Labute approximate surface area is 125 Å². The van der Waals surface area contributed by atoms with Crippen molar-refractivity contribution in [3.8, 4) is 0 Å². The summed E-state index contributed by atoms with van der Waals surface area (Å²) in [5.41, 5.74) is 3.13. The van der Waals surface area contributed by atoms with Crippen LogP contribution in [0.1, 0.15) is 10.4 Å². The molecule has 1 amide bonds. The molecule has 2 rings (SSSR count). The predicted octanol–water partition coefficient (Wildman–Crippen LogP) is 2.82. The summed E-state index contributed by atoms with van der Waals surface area (Å²) in [5.74, 6) is -0.0868. The number of carbonyl (C=O) groups excluding carboxylic acids is 1. The Morgan fingerprint density at radius 3 is 2.80 bits per heavy atom. The second-order valence-electron chi connectivity index (χ2n) is 3.64. The summed E-state index contributed by atoms with van der Waals surface area (Å²) < 4.78 is 0. The molecule has 2 N–H and O–H groups in total. The number of carbonyl (C=O) groups is 1. The summed E-state index contributed by atoms with van der Waals surface area (Å²) >= 11 is 11.7. The first-order chi connectivity index (χ1) is 9.61. The fraction of sp³-hybridized carbons (Fsp3) is 0.0833. The highest BCUT2D eigenvalue weighted by atomic mass is 35.5. The lowest BCUT2D eigenvalue weighted by Crippen LogP contribution is -2.22. The maximum Gasteiger partial charge on any atom is 0.276 e. The summed E-state index contributed by atoms with van der Waals surface area (Å²) in [7, 11) is 1.36. The number of amides is 1. The van der Waals surface area contributed by atoms with Crippen LogP contribution in [0.15, 0.2) is 30.5 Å². The van der Waals surface area contributed by atoms with E-state index in [1.165, 1.54) is 13.3 Å². The highest BCUT2D eigenvalue weighted by Gasteiger charge is 2.12. The van der Waals surface area contributed by atoms with E-state index in [0.717, 1.165) is 0 Å². The molecule has 1 aromatic heterocycles. The quantitative estimate of drug-likeness (QED) is 0.670. The lowest BCUT2D eigenvalue weighted by Gasteiger charge is -2.11. The maximum absolute atomic E-state index is 11.8. The van der Waals surface area contributed by atoms with Gasteiger partial charge in [-0.25, -0.2) is 10.5 Å². The summed E-state index contributed by atoms with van der Waals surface area (Å²) in [6.45, 7) is 0. The third kappa shape index (κ3) is 3.36. The molecule has 0 saturated carbocycles. The fourth-order valence-corrected chi connectivity index (χ4v) is 1.77. The molecule has 6 nitrogen and oxygen atoms in total. The summed E-state index contributed by atoms with van der Waals surface area (Å²) in [6.07, 6.45) is 1.37. The van der Waals surface area contributed by atoms with E-state index in [9.17, 15) is 4.79 Å². The number of nitrogens with one attached hydrogen (secondary N) is 2. The lowest BCUT2D eigenvalue weighted by molar-refractivity contribution is 0.0538. The minimum atomic E-state index is -0.396. The summed E-state index contributed by atoms with van der Waals surface area (Å²) in [5, 5.41) is 3.28. The normalized spacial score (nSPS) is 10.2. The molecule has 20 heavy (non-hydrogen) atoms. The topological polar surface area (TPSA) is 76.1 Å². The third-order valence-corrected chi connectivity index (χ3v) is 2.79. The molecular weight excluding hydrogens is 303 g/mol. The number of hydrogen-bond acceptors (Lipinski definition) is 5. The van der Waals surface area contributed by atoms with E-state index in [1.54, 1.807) is 24.3 Å². The Balaban J connectivity index is 2.34. The lowest BCUT2D eigenvalue weighted by atomic mass is 10.1. The van der Waals surface area contributed by atoms with Crippen molar-refractivity contribution in [2.24, 2.45) is 0 Å². The van der Waals surface area contributed by atoms with Crippen LogP contribution in [0.3, 0.4) is 0 Å². The molecular formula is C12H10Cl2N4O2. The average Bonchev–Trinajstić information content (AvgIpc) is 2.44. The molecule has 1 heterocycles. The standard InChI is InChI=1S/C12H10Cl2N4O2/c1-20-18-11(19)7-4-2-3-5-9(7)16-10-8(13)6-15-12(14)17-10/h2-6H,1H3,(H,18,19)(H,15,16,17). The van der Waals surface area contributed by atoms with Crippen LogP contribution >= 0.6 is 23.2 Å². The molecule has 0 radical (unpaired) electrons. The largest absolute Gasteiger partial charge is 0.338 e. The highest BCUT2D eigenvalue weighted by Crippen LogP contribution is 2.25. The smallest absolute Gasteiger partial charge is 0.276 e. The van der Waals surface area contributed by atoms with Crippen LogP contribution in [-0.4, -0.2) is 23.0 Å². The second kappa shape index (κ2) is 6.51. The Morgan fingerprint density at radius 2 is 2.05 bits per heavy atom. The van der Waals surface area contributed by atoms with Crippen molar-refractivity contribution in [3.63, 3.8) is 0 Å². The minimum absolute atomic E-state index is 0.0516. The molecule has 0 unspecified atom stereocenters. The van der Waals surface area contributed by atoms with Crippen LogP contribution < -0.4 is 10.8 Å². The summed E-state index contributed by atoms with van der Waals surface area (Å²) in [6, 6.07) is 6.83. The van der Waals surface area contributed by atoms with Crippen molar-refractivity contribution in [2.75, 3.05) is 12.4 Å². The van der Waals surface area contributed by atoms with Crippen LogP contribution in [0.25, 0.3) is 0 Å². The van der Waals surface area contributed by atoms with Gasteiger partial charge in [0, 0.05) is 0 Å². The Bertz CT molecular complexity index is 637. The molecule has 0 aliphatic heterocycles. The number of benzene rings is 1. The van der Waals surface area contributed by atoms with Gasteiger partial charge < -0.3 is 5.32 Å². The molecule has 0 bridgehead atoms. The maximum atomic E-state index is 11.8. The molecule has 0 spiro atoms. The number of hydroxylamine groups is 1. The van der Waals surface area contributed by atoms with Gasteiger partial charge in [0.1, 0.15) is 5.02 Å². The molecule has 104 valence electrons. The molecule has 2 aromatic rings. The molecule has 1 aromatic carbocycles. The minimum Gasteiger partial charge on any atom is -0.338 e. The van der Waals surface area contributed by atoms with Crippen molar-refractivity contribution < 1.29 is 9.63 Å². The van der Waals surface area contributed by atoms with Gasteiger partial charge in [0.25, 0.3) is 5.91 Å². The number of aromatic nitrogens is 2. The van der Waals surface area contributed by atoms with E-state index in [-0.39, 0.29) is 10.3 Å². The van der Waals surface area contributed by atoms with Crippen molar-refractivity contribution >= 4 is 40.6 Å². The first-order valence-corrected chi connectivity index (χ1v) is 6.25. The van der Waals surface area contributed by atoms with Gasteiger partial charge in [-0.2, -0.15) is 4.98 Å². The fourth-order valence-electron chi connectivity index (χ4n) is 1.50. The van der Waals surface area contributed by atoms with Gasteiger partial charge >= 0.3 is 0 Å². The van der Waals surface area contributed by atoms with Gasteiger partial charge in [0.15, 0.2) is 5.82 Å². The van der Waals surface area contributed by atoms with E-state index < -0.39 is 5.91 Å². The molecule has 8 heteroatoms. The van der Waals surface area contributed by atoms with Crippen molar-refractivity contribution in [2.45, 2.75) is 0 Å². The van der Waals surface area contributed by atoms with Crippen LogP contribution in [0.2, 0.25) is 10.3 Å². The highest BCUT2D eigenvalue weighted by molar-refractivity contribution is 6.33. The first kappa shape index (κ1) is 14.5. The average molecular weight is 313 g/mol. The number of para-hydroxylation sites is 1. The van der Waals surface area contributed by atoms with Crippen LogP contribution in [0.4, 0.5) is 11.5 Å². The van der Waals surface area contributed by atoms with E-state index in [2.05, 4.69) is 25.6 Å². The number of nitrogens with zero attached hydrogens (tertiary/aromatic N) is 2. The van der Waals surface area contributed by atoms with Gasteiger partial charge in [0.2, 0.25) is 5.28 Å². The molecule has 0 aliphatic rings. The zero-order valence-corrected chi connectivity index (χ0v) is 11.9. The van der Waals surface area contributed by atoms with E-state index in [1.807, 2.05) is 0 Å². The number of halogens is 2. The SMILES string of the molecule is CONC(=O)c1ccccc1Nc1nc(Cl)ncc1Cl. The molecule has 0 aliphatic carbocycles. The van der Waals surface area contributed by atoms with Gasteiger partial charge in [-0.3, -0.25) is 9.63 Å². The molecule has 0 atom stereocenters. The second-order valence-corrected chi connectivity index (χ2v) is 4.39. The number of anilines is 2. The Kier molecular flexibility index (Phi) is 4.73. The van der Waals surface area contributed by atoms with Gasteiger partial charge in [0.05, 0.1) is 24.6 Å². The van der Waals surface area contributed by atoms with E-state index in [4.69, 9.17) is 23.2 Å². The number of hydrogen-bond donors (Lipinski definition) is 2. The Morgan fingerprint density at radius 1 is 1.30 bits per heavy atom. The van der Waals surface area contributed by atoms with Crippen LogP contribution in [-0.2, 0) is 4.84 Å². The number of rotatable bonds is 4. The van der Waals surface area contributed by atoms with Crippen molar-refractivity contribution in [3.05, 3.63) is 46.3 Å². The molecule has 0 fully saturated rings. The van der Waals surface area contributed by atoms with Gasteiger partial charge in [-0.05, 0) is 23.7 Å². The third-order valence-electron chi connectivity index (χ3n) is 2.33.